The van der Waals surface area contributed by atoms with Gasteiger partial charge in [0.2, 0.25) is 0 Å². The van der Waals surface area contributed by atoms with Gasteiger partial charge in [-0.15, -0.1) is 0 Å². The molecular weight excluding hydrogens is 342 g/mol. The van der Waals surface area contributed by atoms with E-state index < -0.39 is 23.1 Å². The number of nitrogens with one attached hydrogen (secondary N) is 2. The molecule has 0 saturated heterocycles. The van der Waals surface area contributed by atoms with Gasteiger partial charge < -0.3 is 15.1 Å². The number of carbonyl (C=O) groups excluding carboxylic acids is 2. The summed E-state index contributed by atoms with van der Waals surface area (Å²) in [4.78, 5) is 23.8. The van der Waals surface area contributed by atoms with Crippen LogP contribution >= 0.6 is 0 Å². The van der Waals surface area contributed by atoms with E-state index in [1.807, 2.05) is 0 Å². The molecule has 0 saturated carbocycles. The molecule has 5 nitrogen and oxygen atoms in total. The summed E-state index contributed by atoms with van der Waals surface area (Å²) in [6.07, 6.45) is 1.40. The predicted octanol–water partition coefficient (Wildman–Crippen LogP) is 3.74. The Morgan fingerprint density at radius 2 is 1.58 bits per heavy atom. The fourth-order valence-electron chi connectivity index (χ4n) is 2.29. The van der Waals surface area contributed by atoms with Gasteiger partial charge in [0.1, 0.15) is 17.2 Å². The zero-order chi connectivity index (χ0) is 18.5. The fourth-order valence-corrected chi connectivity index (χ4v) is 2.29. The van der Waals surface area contributed by atoms with E-state index in [4.69, 9.17) is 4.42 Å². The third-order valence-electron chi connectivity index (χ3n) is 3.60. The minimum Gasteiger partial charge on any atom is -0.459 e. The van der Waals surface area contributed by atoms with Crippen LogP contribution in [0.25, 0.3) is 0 Å². The van der Waals surface area contributed by atoms with Crippen LogP contribution in [0.15, 0.2) is 65.3 Å². The van der Waals surface area contributed by atoms with Crippen LogP contribution in [0.1, 0.15) is 26.5 Å². The van der Waals surface area contributed by atoms with E-state index in [9.17, 15) is 18.4 Å². The summed E-state index contributed by atoms with van der Waals surface area (Å²) in [7, 11) is 0. The monoisotopic (exact) mass is 356 g/mol. The summed E-state index contributed by atoms with van der Waals surface area (Å²) < 4.78 is 32.1. The van der Waals surface area contributed by atoms with E-state index in [2.05, 4.69) is 10.6 Å². The Labute approximate surface area is 147 Å². The molecule has 2 amide bonds. The van der Waals surface area contributed by atoms with Crippen LogP contribution < -0.4 is 10.6 Å². The van der Waals surface area contributed by atoms with Crippen LogP contribution in [0.5, 0.6) is 0 Å². The quantitative estimate of drug-likeness (QED) is 0.732. The van der Waals surface area contributed by atoms with Crippen molar-refractivity contribution in [3.63, 3.8) is 0 Å². The molecule has 2 aromatic carbocycles. The molecule has 2 N–H and O–H groups in total. The number of halogens is 2. The molecular formula is C19H14F2N2O3. The first-order valence-electron chi connectivity index (χ1n) is 7.70. The molecule has 0 aliphatic rings. The number of rotatable bonds is 5. The standard InChI is InChI=1S/C19H14F2N2O3/c20-14-3-1-4-15(21)17(14)19(25)22-11-12-6-8-13(9-7-12)23-18(24)16-5-2-10-26-16/h1-10H,11H2,(H,22,25)(H,23,24). The van der Waals surface area contributed by atoms with E-state index in [-0.39, 0.29) is 18.2 Å². The normalized spacial score (nSPS) is 10.4. The average molecular weight is 356 g/mol. The molecule has 0 fully saturated rings. The van der Waals surface area contributed by atoms with Gasteiger partial charge in [-0.05, 0) is 42.0 Å². The third-order valence-corrected chi connectivity index (χ3v) is 3.60. The fraction of sp³-hybridized carbons (Fsp3) is 0.0526. The van der Waals surface area contributed by atoms with Gasteiger partial charge in [-0.25, -0.2) is 8.78 Å². The predicted molar refractivity (Wildman–Crippen MR) is 90.6 cm³/mol. The lowest BCUT2D eigenvalue weighted by Crippen LogP contribution is -2.25. The largest absolute Gasteiger partial charge is 0.459 e. The van der Waals surface area contributed by atoms with Gasteiger partial charge in [0.15, 0.2) is 5.76 Å². The zero-order valence-electron chi connectivity index (χ0n) is 13.5. The summed E-state index contributed by atoms with van der Waals surface area (Å²) in [5.41, 5.74) is 0.627. The molecule has 1 aromatic heterocycles. The van der Waals surface area contributed by atoms with Crippen molar-refractivity contribution in [3.8, 4) is 0 Å². The van der Waals surface area contributed by atoms with Gasteiger partial charge in [0.25, 0.3) is 11.8 Å². The van der Waals surface area contributed by atoms with E-state index in [0.717, 1.165) is 12.1 Å². The van der Waals surface area contributed by atoms with Gasteiger partial charge >= 0.3 is 0 Å². The number of furan rings is 1. The molecule has 0 aliphatic carbocycles. The maximum Gasteiger partial charge on any atom is 0.291 e. The average Bonchev–Trinajstić information content (AvgIpc) is 3.16. The van der Waals surface area contributed by atoms with Crippen molar-refractivity contribution < 1.29 is 22.8 Å². The second-order valence-electron chi connectivity index (χ2n) is 5.41. The Kier molecular flexibility index (Phi) is 5.07. The molecule has 0 bridgehead atoms. The zero-order valence-corrected chi connectivity index (χ0v) is 13.5. The van der Waals surface area contributed by atoms with Gasteiger partial charge in [0, 0.05) is 12.2 Å². The van der Waals surface area contributed by atoms with E-state index in [1.165, 1.54) is 12.3 Å². The number of anilines is 1. The van der Waals surface area contributed by atoms with E-state index in [1.54, 1.807) is 36.4 Å². The second kappa shape index (κ2) is 7.60. The van der Waals surface area contributed by atoms with E-state index in [0.29, 0.717) is 11.3 Å². The van der Waals surface area contributed by atoms with Crippen LogP contribution in [-0.4, -0.2) is 11.8 Å². The van der Waals surface area contributed by atoms with Crippen molar-refractivity contribution in [1.82, 2.24) is 5.32 Å². The van der Waals surface area contributed by atoms with Crippen LogP contribution in [0.2, 0.25) is 0 Å². The van der Waals surface area contributed by atoms with Crippen LogP contribution in [-0.2, 0) is 6.54 Å². The highest BCUT2D eigenvalue weighted by Gasteiger charge is 2.16. The Balaban J connectivity index is 1.59. The molecule has 3 rings (SSSR count). The third kappa shape index (κ3) is 3.94. The Morgan fingerprint density at radius 3 is 2.19 bits per heavy atom. The van der Waals surface area contributed by atoms with Crippen molar-refractivity contribution in [3.05, 3.63) is 89.4 Å². The van der Waals surface area contributed by atoms with Crippen molar-refractivity contribution in [2.75, 3.05) is 5.32 Å². The van der Waals surface area contributed by atoms with Crippen molar-refractivity contribution in [2.24, 2.45) is 0 Å². The van der Waals surface area contributed by atoms with E-state index >= 15 is 0 Å². The second-order valence-corrected chi connectivity index (χ2v) is 5.41. The molecule has 26 heavy (non-hydrogen) atoms. The topological polar surface area (TPSA) is 71.3 Å². The molecule has 0 atom stereocenters. The number of hydrogen-bond donors (Lipinski definition) is 2. The number of hydrogen-bond acceptors (Lipinski definition) is 3. The SMILES string of the molecule is O=C(Nc1ccc(CNC(=O)c2c(F)cccc2F)cc1)c1ccco1. The van der Waals surface area contributed by atoms with Crippen LogP contribution in [0, 0.1) is 11.6 Å². The molecule has 7 heteroatoms. The van der Waals surface area contributed by atoms with Crippen LogP contribution in [0.3, 0.4) is 0 Å². The lowest BCUT2D eigenvalue weighted by molar-refractivity contribution is 0.0941. The first-order chi connectivity index (χ1) is 12.5. The minimum absolute atomic E-state index is 0.0824. The first-order valence-corrected chi connectivity index (χ1v) is 7.70. The summed E-state index contributed by atoms with van der Waals surface area (Å²) >= 11 is 0. The highest BCUT2D eigenvalue weighted by molar-refractivity contribution is 6.02. The number of benzene rings is 2. The molecule has 0 aliphatic heterocycles. The van der Waals surface area contributed by atoms with Gasteiger partial charge in [-0.3, -0.25) is 9.59 Å². The van der Waals surface area contributed by atoms with Crippen molar-refractivity contribution >= 4 is 17.5 Å². The number of carbonyl (C=O) groups is 2. The smallest absolute Gasteiger partial charge is 0.291 e. The summed E-state index contributed by atoms with van der Waals surface area (Å²) in [5, 5.41) is 5.12. The lowest BCUT2D eigenvalue weighted by atomic mass is 10.1. The van der Waals surface area contributed by atoms with Gasteiger partial charge in [0.05, 0.1) is 6.26 Å². The molecule has 0 spiro atoms. The summed E-state index contributed by atoms with van der Waals surface area (Å²) in [6.45, 7) is 0.0824. The van der Waals surface area contributed by atoms with Crippen molar-refractivity contribution in [1.29, 1.82) is 0 Å². The number of amides is 2. The Morgan fingerprint density at radius 1 is 0.885 bits per heavy atom. The molecule has 0 radical (unpaired) electrons. The molecule has 132 valence electrons. The maximum absolute atomic E-state index is 13.6. The lowest BCUT2D eigenvalue weighted by Gasteiger charge is -2.08. The molecule has 1 heterocycles. The Bertz CT molecular complexity index is 902. The Hall–Kier alpha value is -3.48. The highest BCUT2D eigenvalue weighted by Crippen LogP contribution is 2.14. The minimum atomic E-state index is -0.918. The maximum atomic E-state index is 13.6. The van der Waals surface area contributed by atoms with Crippen LogP contribution in [0.4, 0.5) is 14.5 Å². The van der Waals surface area contributed by atoms with Gasteiger partial charge in [-0.1, -0.05) is 18.2 Å². The molecule has 3 aromatic rings. The summed E-state index contributed by atoms with van der Waals surface area (Å²) in [5.74, 6) is -2.87. The molecule has 0 unspecified atom stereocenters. The van der Waals surface area contributed by atoms with Crippen molar-refractivity contribution in [2.45, 2.75) is 6.54 Å². The first kappa shape index (κ1) is 17.3. The highest BCUT2D eigenvalue weighted by atomic mass is 19.1. The van der Waals surface area contributed by atoms with Gasteiger partial charge in [-0.2, -0.15) is 0 Å². The summed E-state index contributed by atoms with van der Waals surface area (Å²) in [6, 6.07) is 13.0.